The minimum Gasteiger partial charge on any atom is -0.508 e. The van der Waals surface area contributed by atoms with Crippen LogP contribution in [-0.4, -0.2) is 104 Å². The van der Waals surface area contributed by atoms with Gasteiger partial charge in [-0.05, 0) is 42.0 Å². The van der Waals surface area contributed by atoms with Crippen LogP contribution in [0.1, 0.15) is 38.2 Å². The average molecular weight is 654 g/mol. The molecule has 0 saturated carbocycles. The molecule has 6 aromatic rings. The molecule has 0 spiro atoms. The molecule has 3 aromatic carbocycles. The number of nitrogens with zero attached hydrogens (tertiary/aromatic N) is 4. The maximum atomic E-state index is 14.3. The van der Waals surface area contributed by atoms with Gasteiger partial charge < -0.3 is 50.0 Å². The molecule has 1 fully saturated rings. The number of H-pyrrole nitrogens is 1. The summed E-state index contributed by atoms with van der Waals surface area (Å²) >= 11 is 0. The molecule has 5 atom stereocenters. The van der Waals surface area contributed by atoms with Gasteiger partial charge in [0.15, 0.2) is 6.23 Å². The molecule has 2 aliphatic rings. The summed E-state index contributed by atoms with van der Waals surface area (Å²) in [4.78, 5) is 35.9. The molecule has 8 N–H and O–H groups in total. The maximum Gasteiger partial charge on any atom is 0.283 e. The second-order valence-corrected chi connectivity index (χ2v) is 11.8. The second-order valence-electron chi connectivity index (χ2n) is 11.8. The van der Waals surface area contributed by atoms with Crippen molar-refractivity contribution in [2.75, 3.05) is 6.61 Å². The smallest absolute Gasteiger partial charge is 0.283 e. The van der Waals surface area contributed by atoms with Gasteiger partial charge in [0.2, 0.25) is 0 Å². The quantitative estimate of drug-likeness (QED) is 0.0976. The minimum atomic E-state index is -1.75. The lowest BCUT2D eigenvalue weighted by Crippen LogP contribution is -2.56. The Morgan fingerprint density at radius 2 is 1.58 bits per heavy atom. The molecule has 48 heavy (non-hydrogen) atoms. The van der Waals surface area contributed by atoms with E-state index in [2.05, 4.69) is 15.1 Å². The van der Waals surface area contributed by atoms with E-state index in [1.807, 2.05) is 0 Å². The molecule has 3 aromatic heterocycles. The van der Waals surface area contributed by atoms with Crippen LogP contribution in [0.5, 0.6) is 11.5 Å². The number of benzene rings is 3. The highest BCUT2D eigenvalue weighted by Crippen LogP contribution is 2.48. The topological polar surface area (TPSA) is 234 Å². The number of hydrogen-bond donors (Lipinski definition) is 8. The van der Waals surface area contributed by atoms with Crippen molar-refractivity contribution in [2.45, 2.75) is 37.3 Å². The standard InChI is InChI=1S/C33H27N5O10/c39-11-13-5-6-34-14(7-13)10-35-38-31(46)24-22-17-3-1-15(41)8-19(17)36-26(22)27-23(25(24)32(38)47)18-4-2-16(42)9-20(18)37(27)33-30(45)29(44)28(43)21(12-40)48-33/h1-10,21,28-30,33,36,39-45H,11-12H2/b35-10+/t21-,28-,29+,30-,33-/m1/s1. The number of aliphatic hydroxyl groups excluding tert-OH is 5. The lowest BCUT2D eigenvalue weighted by molar-refractivity contribution is -0.249. The van der Waals surface area contributed by atoms with E-state index in [0.29, 0.717) is 37.8 Å². The Bertz CT molecular complexity index is 2360. The van der Waals surface area contributed by atoms with Crippen LogP contribution in [0.15, 0.2) is 59.8 Å². The van der Waals surface area contributed by atoms with Gasteiger partial charge in [0.25, 0.3) is 11.8 Å². The Morgan fingerprint density at radius 3 is 2.31 bits per heavy atom. The molecule has 1 saturated heterocycles. The summed E-state index contributed by atoms with van der Waals surface area (Å²) in [6, 6.07) is 11.9. The summed E-state index contributed by atoms with van der Waals surface area (Å²) in [5.41, 5.74) is 1.96. The first-order valence-electron chi connectivity index (χ1n) is 14.9. The zero-order valence-electron chi connectivity index (χ0n) is 24.7. The number of carbonyl (C=O) groups excluding carboxylic acids is 2. The van der Waals surface area contributed by atoms with Gasteiger partial charge in [-0.15, -0.1) is 0 Å². The Labute approximate surface area is 268 Å². The summed E-state index contributed by atoms with van der Waals surface area (Å²) in [5, 5.41) is 79.2. The van der Waals surface area contributed by atoms with E-state index in [4.69, 9.17) is 4.74 Å². The zero-order chi connectivity index (χ0) is 33.6. The van der Waals surface area contributed by atoms with E-state index in [-0.39, 0.29) is 51.3 Å². The van der Waals surface area contributed by atoms with Gasteiger partial charge in [0, 0.05) is 39.9 Å². The summed E-state index contributed by atoms with van der Waals surface area (Å²) in [5.74, 6) is -1.80. The number of imide groups is 1. The lowest BCUT2D eigenvalue weighted by atomic mass is 9.96. The van der Waals surface area contributed by atoms with Crippen molar-refractivity contribution in [3.63, 3.8) is 0 Å². The third-order valence-electron chi connectivity index (χ3n) is 9.02. The van der Waals surface area contributed by atoms with Crippen molar-refractivity contribution >= 4 is 61.6 Å². The van der Waals surface area contributed by atoms with E-state index in [0.717, 1.165) is 0 Å². The molecule has 15 heteroatoms. The van der Waals surface area contributed by atoms with Crippen LogP contribution < -0.4 is 0 Å². The van der Waals surface area contributed by atoms with Crippen LogP contribution in [-0.2, 0) is 11.3 Å². The van der Waals surface area contributed by atoms with Crippen LogP contribution in [0.3, 0.4) is 0 Å². The van der Waals surface area contributed by atoms with Crippen LogP contribution in [0, 0.1) is 0 Å². The molecule has 2 amide bonds. The zero-order valence-corrected chi connectivity index (χ0v) is 24.7. The minimum absolute atomic E-state index is 0.00888. The average Bonchev–Trinajstić information content (AvgIpc) is 3.69. The molecule has 15 nitrogen and oxygen atoms in total. The third kappa shape index (κ3) is 4.16. The highest BCUT2D eigenvalue weighted by molar-refractivity contribution is 6.39. The number of aromatic amines is 1. The van der Waals surface area contributed by atoms with E-state index < -0.39 is 49.1 Å². The molecular formula is C33H27N5O10. The maximum absolute atomic E-state index is 14.3. The number of aromatic nitrogens is 3. The number of amides is 2. The summed E-state index contributed by atoms with van der Waals surface area (Å²) in [6.45, 7) is -0.952. The number of phenols is 2. The highest BCUT2D eigenvalue weighted by atomic mass is 16.6. The summed E-state index contributed by atoms with van der Waals surface area (Å²) in [6.07, 6.45) is -5.22. The number of aliphatic hydroxyl groups is 5. The molecule has 244 valence electrons. The largest absolute Gasteiger partial charge is 0.508 e. The van der Waals surface area contributed by atoms with Crippen LogP contribution in [0.4, 0.5) is 0 Å². The van der Waals surface area contributed by atoms with Crippen molar-refractivity contribution in [1.29, 1.82) is 0 Å². The van der Waals surface area contributed by atoms with Gasteiger partial charge in [-0.25, -0.2) is 0 Å². The highest BCUT2D eigenvalue weighted by Gasteiger charge is 2.47. The Kier molecular flexibility index (Phi) is 6.75. The molecule has 0 bridgehead atoms. The number of hydrazone groups is 1. The summed E-state index contributed by atoms with van der Waals surface area (Å²) < 4.78 is 7.42. The third-order valence-corrected chi connectivity index (χ3v) is 9.02. The molecular weight excluding hydrogens is 626 g/mol. The van der Waals surface area contributed by atoms with Crippen molar-refractivity contribution in [1.82, 2.24) is 19.5 Å². The van der Waals surface area contributed by atoms with E-state index in [1.165, 1.54) is 47.3 Å². The van der Waals surface area contributed by atoms with Gasteiger partial charge in [0.05, 0.1) is 58.3 Å². The normalized spacial score (nSPS) is 23.1. The fraction of sp³-hybridized carbons (Fsp3) is 0.212. The molecule has 8 rings (SSSR count). The van der Waals surface area contributed by atoms with Gasteiger partial charge in [-0.1, -0.05) is 0 Å². The molecule has 0 unspecified atom stereocenters. The Balaban J connectivity index is 1.47. The summed E-state index contributed by atoms with van der Waals surface area (Å²) in [7, 11) is 0. The Morgan fingerprint density at radius 1 is 0.875 bits per heavy atom. The SMILES string of the molecule is O=C1c2c(c3c4ccc(O)cc4n([C@@H]4O[C@H](CO)[C@@H](O)[C@H](O)[C@H]4O)c3c3[nH]c4cc(O)ccc4c23)C(=O)N1/N=C/c1cc(CO)ccn1. The molecule has 2 aliphatic heterocycles. The number of ether oxygens (including phenoxy) is 1. The van der Waals surface area contributed by atoms with Crippen molar-refractivity contribution in [3.05, 3.63) is 77.1 Å². The number of aromatic hydroxyl groups is 2. The first kappa shape index (κ1) is 29.9. The van der Waals surface area contributed by atoms with E-state index in [9.17, 15) is 45.3 Å². The predicted molar refractivity (Wildman–Crippen MR) is 169 cm³/mol. The number of rotatable bonds is 5. The molecule has 5 heterocycles. The first-order chi connectivity index (χ1) is 23.1. The van der Waals surface area contributed by atoms with Crippen molar-refractivity contribution < 1.29 is 50.1 Å². The van der Waals surface area contributed by atoms with Crippen LogP contribution in [0.2, 0.25) is 0 Å². The number of carbonyl (C=O) groups is 2. The number of pyridine rings is 1. The van der Waals surface area contributed by atoms with Gasteiger partial charge in [-0.2, -0.15) is 10.1 Å². The number of phenolic OH excluding ortho intramolecular Hbond substituents is 2. The number of hydrogen-bond acceptors (Lipinski definition) is 12. The predicted octanol–water partition coefficient (Wildman–Crippen LogP) is 1.33. The van der Waals surface area contributed by atoms with Crippen LogP contribution in [0.25, 0.3) is 43.6 Å². The number of nitrogens with one attached hydrogen (secondary N) is 1. The van der Waals surface area contributed by atoms with Crippen molar-refractivity contribution in [2.24, 2.45) is 5.10 Å². The monoisotopic (exact) mass is 653 g/mol. The molecule has 0 radical (unpaired) electrons. The van der Waals surface area contributed by atoms with E-state index >= 15 is 0 Å². The number of fused-ring (bicyclic) bond motifs is 10. The first-order valence-corrected chi connectivity index (χ1v) is 14.9. The van der Waals surface area contributed by atoms with E-state index in [1.54, 1.807) is 18.2 Å². The van der Waals surface area contributed by atoms with Crippen LogP contribution >= 0.6 is 0 Å². The van der Waals surface area contributed by atoms with Gasteiger partial charge >= 0.3 is 0 Å². The molecule has 0 aliphatic carbocycles. The lowest BCUT2D eigenvalue weighted by Gasteiger charge is -2.41. The van der Waals surface area contributed by atoms with Crippen molar-refractivity contribution in [3.8, 4) is 11.5 Å². The fourth-order valence-corrected chi connectivity index (χ4v) is 6.85. The fourth-order valence-electron chi connectivity index (χ4n) is 6.85. The van der Waals surface area contributed by atoms with Gasteiger partial charge in [0.1, 0.15) is 35.9 Å². The Hall–Kier alpha value is -5.42. The van der Waals surface area contributed by atoms with Gasteiger partial charge in [-0.3, -0.25) is 14.6 Å². The second kappa shape index (κ2) is 10.8.